The minimum Gasteiger partial charge on any atom is -0.493 e. The van der Waals surface area contributed by atoms with Crippen LogP contribution in [0.1, 0.15) is 17.4 Å². The Bertz CT molecular complexity index is 582. The van der Waals surface area contributed by atoms with Gasteiger partial charge in [0.15, 0.2) is 16.2 Å². The van der Waals surface area contributed by atoms with Gasteiger partial charge in [0, 0.05) is 11.6 Å². The molecule has 1 aromatic heterocycles. The molecule has 1 N–H and O–H groups in total. The largest absolute Gasteiger partial charge is 0.493 e. The number of halogens is 2. The molecule has 0 amide bonds. The first-order valence-corrected chi connectivity index (χ1v) is 6.20. The summed E-state index contributed by atoms with van der Waals surface area (Å²) >= 11 is 3.13. The van der Waals surface area contributed by atoms with Crippen LogP contribution in [0, 0.1) is 5.82 Å². The van der Waals surface area contributed by atoms with Gasteiger partial charge in [0.1, 0.15) is 17.7 Å². The Kier molecular flexibility index (Phi) is 4.11. The summed E-state index contributed by atoms with van der Waals surface area (Å²) in [5, 5.41) is 10.1. The van der Waals surface area contributed by atoms with Crippen LogP contribution >= 0.6 is 15.9 Å². The van der Waals surface area contributed by atoms with Crippen molar-refractivity contribution in [2.24, 2.45) is 0 Å². The van der Waals surface area contributed by atoms with Crippen LogP contribution in [0.2, 0.25) is 0 Å². The number of aliphatic hydroxyl groups is 1. The first-order valence-electron chi connectivity index (χ1n) is 5.41. The van der Waals surface area contributed by atoms with Crippen molar-refractivity contribution in [3.8, 4) is 11.5 Å². The lowest BCUT2D eigenvalue weighted by atomic mass is 10.1. The van der Waals surface area contributed by atoms with Crippen molar-refractivity contribution >= 4 is 15.9 Å². The summed E-state index contributed by atoms with van der Waals surface area (Å²) in [4.78, 5) is 0. The number of aliphatic hydroxyl groups excluding tert-OH is 1. The normalized spacial score (nSPS) is 12.3. The van der Waals surface area contributed by atoms with E-state index in [-0.39, 0.29) is 17.1 Å². The first-order chi connectivity index (χ1) is 9.06. The predicted octanol–water partition coefficient (Wildman–Crippen LogP) is 3.28. The minimum atomic E-state index is -1.22. The predicted molar refractivity (Wildman–Crippen MR) is 70.0 cm³/mol. The maximum Gasteiger partial charge on any atom is 0.169 e. The van der Waals surface area contributed by atoms with Crippen LogP contribution in [-0.2, 0) is 0 Å². The maximum absolute atomic E-state index is 13.9. The van der Waals surface area contributed by atoms with Gasteiger partial charge in [-0.3, -0.25) is 0 Å². The molecule has 0 fully saturated rings. The fourth-order valence-corrected chi connectivity index (χ4v) is 2.03. The Labute approximate surface area is 117 Å². The molecule has 1 heterocycles. The molecule has 1 aromatic carbocycles. The smallest absolute Gasteiger partial charge is 0.169 e. The van der Waals surface area contributed by atoms with Crippen LogP contribution in [0.25, 0.3) is 0 Å². The molecule has 0 radical (unpaired) electrons. The molecule has 0 spiro atoms. The number of hydrogen-bond donors (Lipinski definition) is 1. The number of rotatable bonds is 4. The van der Waals surface area contributed by atoms with Crippen LogP contribution in [0.5, 0.6) is 11.5 Å². The fraction of sp³-hybridized carbons (Fsp3) is 0.231. The maximum atomic E-state index is 13.9. The molecule has 1 unspecified atom stereocenters. The third kappa shape index (κ3) is 2.74. The molecule has 0 saturated carbocycles. The Morgan fingerprint density at radius 3 is 2.37 bits per heavy atom. The zero-order valence-electron chi connectivity index (χ0n) is 10.3. The van der Waals surface area contributed by atoms with Gasteiger partial charge in [-0.15, -0.1) is 0 Å². The van der Waals surface area contributed by atoms with Gasteiger partial charge < -0.3 is 19.0 Å². The van der Waals surface area contributed by atoms with E-state index >= 15 is 0 Å². The molecule has 0 bridgehead atoms. The lowest BCUT2D eigenvalue weighted by Gasteiger charge is -2.13. The number of benzene rings is 1. The van der Waals surface area contributed by atoms with Crippen molar-refractivity contribution in [2.75, 3.05) is 14.2 Å². The Hall–Kier alpha value is -1.53. The summed E-state index contributed by atoms with van der Waals surface area (Å²) in [6.07, 6.45) is -1.22. The van der Waals surface area contributed by atoms with Crippen LogP contribution in [0.4, 0.5) is 4.39 Å². The van der Waals surface area contributed by atoms with E-state index in [0.717, 1.165) is 6.07 Å². The first kappa shape index (κ1) is 13.9. The summed E-state index contributed by atoms with van der Waals surface area (Å²) in [5.41, 5.74) is 0.0551. The molecule has 2 aromatic rings. The highest BCUT2D eigenvalue weighted by Crippen LogP contribution is 2.35. The summed E-state index contributed by atoms with van der Waals surface area (Å²) < 4.78 is 29.7. The summed E-state index contributed by atoms with van der Waals surface area (Å²) in [5.74, 6) is 0.232. The standard InChI is InChI=1S/C13H12BrFO4/c1-17-10-5-7(8(15)6-11(10)18-2)13(16)9-3-4-12(14)19-9/h3-6,13,16H,1-2H3. The van der Waals surface area contributed by atoms with Crippen LogP contribution in [-0.4, -0.2) is 19.3 Å². The fourth-order valence-electron chi connectivity index (χ4n) is 1.71. The lowest BCUT2D eigenvalue weighted by Crippen LogP contribution is -2.03. The SMILES string of the molecule is COc1cc(F)c(C(O)c2ccc(Br)o2)cc1OC. The number of methoxy groups -OCH3 is 2. The Balaban J connectivity index is 2.44. The third-order valence-electron chi connectivity index (χ3n) is 2.66. The molecule has 4 nitrogen and oxygen atoms in total. The van der Waals surface area contributed by atoms with E-state index in [1.807, 2.05) is 0 Å². The molecule has 6 heteroatoms. The monoisotopic (exact) mass is 330 g/mol. The summed E-state index contributed by atoms with van der Waals surface area (Å²) in [6, 6.07) is 5.73. The second-order valence-corrected chi connectivity index (χ2v) is 4.55. The number of hydrogen-bond acceptors (Lipinski definition) is 4. The molecule has 2 rings (SSSR count). The Morgan fingerprint density at radius 2 is 1.84 bits per heavy atom. The quantitative estimate of drug-likeness (QED) is 0.934. The van der Waals surface area contributed by atoms with Crippen molar-refractivity contribution in [2.45, 2.75) is 6.10 Å². The molecule has 102 valence electrons. The summed E-state index contributed by atoms with van der Waals surface area (Å²) in [7, 11) is 2.85. The lowest BCUT2D eigenvalue weighted by molar-refractivity contribution is 0.182. The highest BCUT2D eigenvalue weighted by molar-refractivity contribution is 9.10. The van der Waals surface area contributed by atoms with E-state index in [0.29, 0.717) is 10.4 Å². The molecule has 0 saturated heterocycles. The van der Waals surface area contributed by atoms with Crippen molar-refractivity contribution in [1.29, 1.82) is 0 Å². The van der Waals surface area contributed by atoms with Crippen molar-refractivity contribution in [1.82, 2.24) is 0 Å². The van der Waals surface area contributed by atoms with E-state index in [4.69, 9.17) is 13.9 Å². The highest BCUT2D eigenvalue weighted by atomic mass is 79.9. The van der Waals surface area contributed by atoms with Gasteiger partial charge >= 0.3 is 0 Å². The van der Waals surface area contributed by atoms with Gasteiger partial charge in [-0.25, -0.2) is 4.39 Å². The van der Waals surface area contributed by atoms with Crippen molar-refractivity contribution < 1.29 is 23.4 Å². The molecule has 0 aliphatic heterocycles. The second-order valence-electron chi connectivity index (χ2n) is 3.77. The van der Waals surface area contributed by atoms with Gasteiger partial charge in [-0.2, -0.15) is 0 Å². The molecule has 0 aliphatic rings. The zero-order chi connectivity index (χ0) is 14.0. The van der Waals surface area contributed by atoms with E-state index in [1.165, 1.54) is 20.3 Å². The number of furan rings is 1. The molecule has 0 aliphatic carbocycles. The van der Waals surface area contributed by atoms with Crippen LogP contribution in [0.15, 0.2) is 33.4 Å². The van der Waals surface area contributed by atoms with Gasteiger partial charge in [0.05, 0.1) is 14.2 Å². The molecular weight excluding hydrogens is 319 g/mol. The average molecular weight is 331 g/mol. The minimum absolute atomic E-state index is 0.0551. The van der Waals surface area contributed by atoms with Gasteiger partial charge in [-0.1, -0.05) is 0 Å². The third-order valence-corrected chi connectivity index (χ3v) is 3.09. The van der Waals surface area contributed by atoms with E-state index in [9.17, 15) is 9.50 Å². The number of ether oxygens (including phenoxy) is 2. The van der Waals surface area contributed by atoms with Crippen LogP contribution in [0.3, 0.4) is 0 Å². The van der Waals surface area contributed by atoms with Crippen molar-refractivity contribution in [3.05, 3.63) is 46.1 Å². The van der Waals surface area contributed by atoms with Crippen molar-refractivity contribution in [3.63, 3.8) is 0 Å². The van der Waals surface area contributed by atoms with E-state index in [1.54, 1.807) is 12.1 Å². The van der Waals surface area contributed by atoms with Gasteiger partial charge in [0.2, 0.25) is 0 Å². The van der Waals surface area contributed by atoms with Crippen LogP contribution < -0.4 is 9.47 Å². The van der Waals surface area contributed by atoms with Gasteiger partial charge in [0.25, 0.3) is 0 Å². The molecule has 19 heavy (non-hydrogen) atoms. The molecular formula is C13H12BrFO4. The second kappa shape index (κ2) is 5.63. The highest BCUT2D eigenvalue weighted by Gasteiger charge is 2.21. The average Bonchev–Trinajstić information content (AvgIpc) is 2.84. The topological polar surface area (TPSA) is 51.8 Å². The zero-order valence-corrected chi connectivity index (χ0v) is 11.9. The molecule has 1 atom stereocenters. The van der Waals surface area contributed by atoms with E-state index in [2.05, 4.69) is 15.9 Å². The summed E-state index contributed by atoms with van der Waals surface area (Å²) in [6.45, 7) is 0. The van der Waals surface area contributed by atoms with E-state index < -0.39 is 11.9 Å². The Morgan fingerprint density at radius 1 is 1.21 bits per heavy atom. The van der Waals surface area contributed by atoms with Gasteiger partial charge in [-0.05, 0) is 34.1 Å².